The van der Waals surface area contributed by atoms with Crippen molar-refractivity contribution in [3.05, 3.63) is 93.9 Å². The highest BCUT2D eigenvalue weighted by atomic mass is 79.9. The number of carbonyl (C=O) groups excluding carboxylic acids is 2. The van der Waals surface area contributed by atoms with Crippen LogP contribution in [0.1, 0.15) is 29.6 Å². The van der Waals surface area contributed by atoms with Crippen LogP contribution in [0.5, 0.6) is 5.88 Å². The Labute approximate surface area is 249 Å². The van der Waals surface area contributed by atoms with Gasteiger partial charge in [-0.05, 0) is 89.6 Å². The summed E-state index contributed by atoms with van der Waals surface area (Å²) in [5.41, 5.74) is 1.86. The number of carbonyl (C=O) groups is 2. The number of anilines is 2. The van der Waals surface area contributed by atoms with Crippen LogP contribution in [-0.2, 0) is 0 Å². The summed E-state index contributed by atoms with van der Waals surface area (Å²) >= 11 is 9.59. The lowest BCUT2D eigenvalue weighted by Crippen LogP contribution is -2.35. The number of nitrogens with one attached hydrogen (secondary N) is 2. The average Bonchev–Trinajstić information content (AvgIpc) is 3.28. The second kappa shape index (κ2) is 13.1. The summed E-state index contributed by atoms with van der Waals surface area (Å²) < 4.78 is 20.7. The first-order valence-electron chi connectivity index (χ1n) is 13.1. The summed E-state index contributed by atoms with van der Waals surface area (Å²) in [5, 5.41) is 10.2. The van der Waals surface area contributed by atoms with Gasteiger partial charge in [-0.2, -0.15) is 0 Å². The largest absolute Gasteiger partial charge is 0.414 e. The third-order valence-corrected chi connectivity index (χ3v) is 7.92. The molecule has 0 atom stereocenters. The maximum Gasteiger partial charge on any atom is 0.414 e. The highest BCUT2D eigenvalue weighted by Gasteiger charge is 2.24. The van der Waals surface area contributed by atoms with E-state index in [2.05, 4.69) is 41.5 Å². The van der Waals surface area contributed by atoms with E-state index in [1.165, 1.54) is 34.6 Å². The smallest absolute Gasteiger partial charge is 0.388 e. The molecule has 0 radical (unpaired) electrons. The van der Waals surface area contributed by atoms with E-state index >= 15 is 0 Å². The second-order valence-corrected chi connectivity index (χ2v) is 10.7. The summed E-state index contributed by atoms with van der Waals surface area (Å²) in [7, 11) is 0. The number of piperidine rings is 1. The molecule has 3 heterocycles. The van der Waals surface area contributed by atoms with Crippen LogP contribution in [0.2, 0.25) is 5.02 Å². The zero-order chi connectivity index (χ0) is 28.8. The van der Waals surface area contributed by atoms with E-state index in [0.29, 0.717) is 18.2 Å². The van der Waals surface area contributed by atoms with E-state index in [-0.39, 0.29) is 26.8 Å². The highest BCUT2D eigenvalue weighted by molar-refractivity contribution is 9.10. The molecular weight excluding hydrogens is 615 g/mol. The van der Waals surface area contributed by atoms with Crippen LogP contribution < -0.4 is 20.3 Å². The molecule has 5 rings (SSSR count). The highest BCUT2D eigenvalue weighted by Crippen LogP contribution is 2.35. The van der Waals surface area contributed by atoms with Gasteiger partial charge in [-0.25, -0.2) is 13.9 Å². The average molecular weight is 642 g/mol. The molecule has 1 fully saturated rings. The number of hydrogen-bond acceptors (Lipinski definition) is 6. The molecule has 4 aromatic rings. The zero-order valence-electron chi connectivity index (χ0n) is 21.9. The number of halogens is 3. The van der Waals surface area contributed by atoms with E-state index in [1.807, 2.05) is 12.1 Å². The Morgan fingerprint density at radius 2 is 1.73 bits per heavy atom. The normalized spacial score (nSPS) is 13.6. The maximum absolute atomic E-state index is 13.6. The molecule has 0 aliphatic carbocycles. The van der Waals surface area contributed by atoms with Gasteiger partial charge in [0, 0.05) is 37.7 Å². The van der Waals surface area contributed by atoms with Crippen LogP contribution in [-0.4, -0.2) is 46.4 Å². The number of nitrogens with zero attached hydrogens (tertiary/aromatic N) is 4. The van der Waals surface area contributed by atoms with Gasteiger partial charge in [0.1, 0.15) is 10.3 Å². The van der Waals surface area contributed by atoms with Crippen LogP contribution >= 0.6 is 27.5 Å². The SMILES string of the molecule is O=C(NCCC1CCN(c2ccncc2)CC1)Oc1nn(-c2ccc(F)cc2)c(NC(=O)c2ccccc2Cl)c1Br. The minimum absolute atomic E-state index is 0.0630. The molecule has 1 saturated heterocycles. The number of pyridine rings is 1. The van der Waals surface area contributed by atoms with Gasteiger partial charge in [0.15, 0.2) is 5.82 Å². The fraction of sp³-hybridized carbons (Fsp3) is 0.241. The predicted octanol–water partition coefficient (Wildman–Crippen LogP) is 6.47. The molecule has 9 nitrogen and oxygen atoms in total. The van der Waals surface area contributed by atoms with Crippen molar-refractivity contribution < 1.29 is 18.7 Å². The Morgan fingerprint density at radius 1 is 1.02 bits per heavy atom. The first-order valence-corrected chi connectivity index (χ1v) is 14.3. The molecule has 0 spiro atoms. The van der Waals surface area contributed by atoms with Crippen molar-refractivity contribution in [2.75, 3.05) is 29.9 Å². The van der Waals surface area contributed by atoms with Gasteiger partial charge in [-0.1, -0.05) is 23.7 Å². The van der Waals surface area contributed by atoms with Crippen molar-refractivity contribution >= 4 is 51.0 Å². The topological polar surface area (TPSA) is 101 Å². The Hall–Kier alpha value is -3.96. The minimum atomic E-state index is -0.673. The van der Waals surface area contributed by atoms with Crippen molar-refractivity contribution in [2.24, 2.45) is 5.92 Å². The van der Waals surface area contributed by atoms with Crippen LogP contribution in [0, 0.1) is 11.7 Å². The first kappa shape index (κ1) is 28.6. The number of hydrogen-bond donors (Lipinski definition) is 2. The molecule has 2 aromatic carbocycles. The molecule has 1 aliphatic heterocycles. The van der Waals surface area contributed by atoms with Crippen molar-refractivity contribution in [1.29, 1.82) is 0 Å². The Morgan fingerprint density at radius 3 is 2.44 bits per heavy atom. The third kappa shape index (κ3) is 7.04. The molecule has 1 aliphatic rings. The number of amides is 2. The van der Waals surface area contributed by atoms with Gasteiger partial charge in [-0.15, -0.1) is 5.10 Å². The number of rotatable bonds is 8. The van der Waals surface area contributed by atoms with Crippen molar-refractivity contribution in [3.8, 4) is 11.6 Å². The lowest BCUT2D eigenvalue weighted by molar-refractivity contribution is 0.102. The van der Waals surface area contributed by atoms with Crippen molar-refractivity contribution in [1.82, 2.24) is 20.1 Å². The lowest BCUT2D eigenvalue weighted by atomic mass is 9.93. The van der Waals surface area contributed by atoms with Crippen LogP contribution in [0.3, 0.4) is 0 Å². The van der Waals surface area contributed by atoms with Crippen LogP contribution in [0.25, 0.3) is 5.69 Å². The quantitative estimate of drug-likeness (QED) is 0.229. The summed E-state index contributed by atoms with van der Waals surface area (Å²) in [6.45, 7) is 2.36. The van der Waals surface area contributed by atoms with Crippen LogP contribution in [0.4, 0.5) is 20.7 Å². The van der Waals surface area contributed by atoms with Crippen molar-refractivity contribution in [2.45, 2.75) is 19.3 Å². The molecule has 41 heavy (non-hydrogen) atoms. The Kier molecular flexibility index (Phi) is 9.15. The Balaban J connectivity index is 1.22. The molecule has 2 aromatic heterocycles. The van der Waals surface area contributed by atoms with E-state index in [4.69, 9.17) is 16.3 Å². The monoisotopic (exact) mass is 640 g/mol. The van der Waals surface area contributed by atoms with Crippen molar-refractivity contribution in [3.63, 3.8) is 0 Å². The molecule has 0 bridgehead atoms. The van der Waals surface area contributed by atoms with Gasteiger partial charge in [0.05, 0.1) is 16.3 Å². The molecule has 2 N–H and O–H groups in total. The lowest BCUT2D eigenvalue weighted by Gasteiger charge is -2.33. The minimum Gasteiger partial charge on any atom is -0.388 e. The van der Waals surface area contributed by atoms with E-state index < -0.39 is 17.8 Å². The van der Waals surface area contributed by atoms with E-state index in [0.717, 1.165) is 32.4 Å². The van der Waals surface area contributed by atoms with Gasteiger partial charge in [0.25, 0.3) is 11.8 Å². The van der Waals surface area contributed by atoms with Crippen LogP contribution in [0.15, 0.2) is 77.5 Å². The summed E-state index contributed by atoms with van der Waals surface area (Å²) in [6, 6.07) is 16.1. The van der Waals surface area contributed by atoms with Gasteiger partial charge in [-0.3, -0.25) is 9.78 Å². The summed E-state index contributed by atoms with van der Waals surface area (Å²) in [4.78, 5) is 32.1. The van der Waals surface area contributed by atoms with E-state index in [1.54, 1.807) is 36.7 Å². The van der Waals surface area contributed by atoms with Gasteiger partial charge < -0.3 is 20.3 Å². The van der Waals surface area contributed by atoms with Gasteiger partial charge in [0.2, 0.25) is 0 Å². The standard InChI is InChI=1S/C29H27BrClFN6O3/c30-25-26(35-27(39)23-3-1-2-4-24(23)31)38(22-7-5-20(32)6-8-22)36-28(25)41-29(40)34-16-9-19-12-17-37(18-13-19)21-10-14-33-15-11-21/h1-8,10-11,14-15,19H,9,12-13,16-18H2,(H,34,40)(H,35,39). The van der Waals surface area contributed by atoms with Gasteiger partial charge >= 0.3 is 6.09 Å². The fourth-order valence-corrected chi connectivity index (χ4v) is 5.33. The molecule has 0 saturated carbocycles. The third-order valence-electron chi connectivity index (χ3n) is 6.87. The first-order chi connectivity index (χ1) is 19.9. The summed E-state index contributed by atoms with van der Waals surface area (Å²) in [5.74, 6) is -0.312. The fourth-order valence-electron chi connectivity index (χ4n) is 4.68. The number of benzene rings is 2. The number of ether oxygens (including phenoxy) is 1. The zero-order valence-corrected chi connectivity index (χ0v) is 24.2. The molecule has 12 heteroatoms. The second-order valence-electron chi connectivity index (χ2n) is 9.53. The Bertz CT molecular complexity index is 1510. The maximum atomic E-state index is 13.6. The molecule has 212 valence electrons. The summed E-state index contributed by atoms with van der Waals surface area (Å²) in [6.07, 6.45) is 5.81. The molecule has 0 unspecified atom stereocenters. The molecular formula is C29H27BrClFN6O3. The molecule has 2 amide bonds. The number of aromatic nitrogens is 3. The van der Waals surface area contributed by atoms with E-state index in [9.17, 15) is 14.0 Å². The predicted molar refractivity (Wildman–Crippen MR) is 158 cm³/mol.